The van der Waals surface area contributed by atoms with Crippen molar-refractivity contribution >= 4 is 59.1 Å². The number of carbonyl (C=O) groups excluding carboxylic acids is 8. The number of nitrogens with zero attached hydrogens (tertiary/aromatic N) is 4. The molecule has 68 heavy (non-hydrogen) atoms. The lowest BCUT2D eigenvalue weighted by atomic mass is 9.91. The highest BCUT2D eigenvalue weighted by atomic mass is 35.5. The summed E-state index contributed by atoms with van der Waals surface area (Å²) in [6.45, 7) is 2.75. The second kappa shape index (κ2) is 22.1. The number of phenols is 1. The van der Waals surface area contributed by atoms with Crippen LogP contribution in [0.4, 0.5) is 0 Å². The summed E-state index contributed by atoms with van der Waals surface area (Å²) in [5, 5.41) is 29.8. The Kier molecular flexibility index (Phi) is 16.2. The Morgan fingerprint density at radius 1 is 0.926 bits per heavy atom. The molecular formula is C48H51ClN10O9. The maximum Gasteiger partial charge on any atom is 0.270 e. The minimum atomic E-state index is -1.48. The van der Waals surface area contributed by atoms with Crippen molar-refractivity contribution in [2.45, 2.75) is 76.3 Å². The van der Waals surface area contributed by atoms with Gasteiger partial charge in [0.2, 0.25) is 23.6 Å². The third kappa shape index (κ3) is 12.0. The third-order valence-corrected chi connectivity index (χ3v) is 11.8. The van der Waals surface area contributed by atoms with Crippen molar-refractivity contribution in [1.82, 2.24) is 41.2 Å². The van der Waals surface area contributed by atoms with E-state index >= 15 is 0 Å². The van der Waals surface area contributed by atoms with Crippen LogP contribution in [0.15, 0.2) is 91.1 Å². The molecule has 4 aromatic carbocycles. The summed E-state index contributed by atoms with van der Waals surface area (Å²) in [7, 11) is 1.37. The van der Waals surface area contributed by atoms with Gasteiger partial charge < -0.3 is 42.7 Å². The summed E-state index contributed by atoms with van der Waals surface area (Å²) in [5.74, 6) is -5.26. The van der Waals surface area contributed by atoms with Crippen LogP contribution in [0.1, 0.15) is 81.5 Å². The van der Waals surface area contributed by atoms with E-state index in [9.17, 15) is 43.5 Å². The van der Waals surface area contributed by atoms with E-state index in [4.69, 9.17) is 23.1 Å². The minimum absolute atomic E-state index is 0.120. The van der Waals surface area contributed by atoms with Gasteiger partial charge in [0, 0.05) is 35.2 Å². The van der Waals surface area contributed by atoms with E-state index in [2.05, 4.69) is 31.6 Å². The van der Waals surface area contributed by atoms with Crippen LogP contribution in [0.3, 0.4) is 0 Å². The van der Waals surface area contributed by atoms with Crippen LogP contribution >= 0.6 is 11.6 Å². The van der Waals surface area contributed by atoms with Crippen LogP contribution in [0.5, 0.6) is 5.75 Å². The normalized spacial score (nSPS) is 16.8. The quantitative estimate of drug-likeness (QED) is 0.0555. The topological polar surface area (TPSA) is 291 Å². The number of phenolic OH excluding ortho intramolecular Hbond substituents is 1. The number of Topliss-reactive ketones (excluding diaryl/α,β-unsaturated/α-hetero) is 1. The van der Waals surface area contributed by atoms with Crippen LogP contribution in [-0.2, 0) is 36.9 Å². The standard InChI is InChI=1S/C48H51ClN10O9/c1-26(41(62)24-59-23-39(43(51)63)56-57-59)52-46(66)38-21-28-7-18-40(61)36(20-28)35-22-32(12-13-33(35)25-60)42(47(67)53-27(2)44(64)55-38)58(3)48(68)37(6-4-5-19-50)54-45(65)31-10-8-29(9-11-31)30-14-16-34(49)17-15-30/h7-18,20,22-23,25-27,37-38,42,61H,4-6,19,21,24,50H2,1-3H3,(H2,51,63)(H,52,66)(H,53,67)(H,54,65)(H,55,64)/t26?,27-,37-,38-,42-/m0/s1. The van der Waals surface area contributed by atoms with Gasteiger partial charge in [-0.1, -0.05) is 59.3 Å². The number of hydrogen-bond donors (Lipinski definition) is 7. The second-order valence-electron chi connectivity index (χ2n) is 16.4. The molecule has 6 amide bonds. The fourth-order valence-electron chi connectivity index (χ4n) is 7.66. The third-order valence-electron chi connectivity index (χ3n) is 11.5. The molecular weight excluding hydrogens is 896 g/mol. The van der Waals surface area contributed by atoms with Gasteiger partial charge in [-0.15, -0.1) is 5.10 Å². The molecule has 0 aliphatic carbocycles. The first-order chi connectivity index (χ1) is 32.5. The van der Waals surface area contributed by atoms with Gasteiger partial charge in [0.15, 0.2) is 17.8 Å². The molecule has 4 bridgehead atoms. The first kappa shape index (κ1) is 49.7. The second-order valence-corrected chi connectivity index (χ2v) is 16.9. The Hall–Kier alpha value is -7.77. The maximum atomic E-state index is 14.7. The molecule has 1 aromatic heterocycles. The number of amides is 6. The zero-order valence-corrected chi connectivity index (χ0v) is 38.2. The maximum absolute atomic E-state index is 14.7. The van der Waals surface area contributed by atoms with Crippen LogP contribution in [-0.4, -0.2) is 110 Å². The Labute approximate surface area is 396 Å². The lowest BCUT2D eigenvalue weighted by Crippen LogP contribution is -2.57. The molecule has 9 N–H and O–H groups in total. The van der Waals surface area contributed by atoms with Crippen molar-refractivity contribution < 1.29 is 43.5 Å². The first-order valence-electron chi connectivity index (χ1n) is 21.7. The van der Waals surface area contributed by atoms with Crippen molar-refractivity contribution in [1.29, 1.82) is 0 Å². The number of halogens is 1. The molecule has 1 aliphatic heterocycles. The fourth-order valence-corrected chi connectivity index (χ4v) is 7.78. The van der Waals surface area contributed by atoms with E-state index in [1.807, 2.05) is 12.1 Å². The Morgan fingerprint density at radius 3 is 2.26 bits per heavy atom. The summed E-state index contributed by atoms with van der Waals surface area (Å²) < 4.78 is 1.08. The highest BCUT2D eigenvalue weighted by molar-refractivity contribution is 6.30. The van der Waals surface area contributed by atoms with Crippen molar-refractivity contribution in [3.63, 3.8) is 0 Å². The number of unbranched alkanes of at least 4 members (excludes halogenated alkanes) is 1. The van der Waals surface area contributed by atoms with Gasteiger partial charge in [-0.25, -0.2) is 4.68 Å². The summed E-state index contributed by atoms with van der Waals surface area (Å²) in [5.41, 5.74) is 13.9. The predicted octanol–water partition coefficient (Wildman–Crippen LogP) is 2.63. The number of fused-ring (bicyclic) bond motifs is 5. The lowest BCUT2D eigenvalue weighted by molar-refractivity contribution is -0.141. The molecule has 0 spiro atoms. The fraction of sp³-hybridized carbons (Fsp3) is 0.292. The molecule has 20 heteroatoms. The number of rotatable bonds is 16. The highest BCUT2D eigenvalue weighted by Gasteiger charge is 2.36. The number of nitrogens with two attached hydrogens (primary N) is 2. The monoisotopic (exact) mass is 946 g/mol. The molecule has 6 rings (SSSR count). The van der Waals surface area contributed by atoms with E-state index < -0.39 is 71.4 Å². The molecule has 0 saturated carbocycles. The molecule has 1 aliphatic rings. The molecule has 5 atom stereocenters. The van der Waals surface area contributed by atoms with Gasteiger partial charge in [-0.3, -0.25) is 38.4 Å². The number of nitrogens with one attached hydrogen (secondary N) is 4. The van der Waals surface area contributed by atoms with Crippen molar-refractivity contribution in [3.8, 4) is 28.0 Å². The zero-order chi connectivity index (χ0) is 49.2. The Morgan fingerprint density at radius 2 is 1.62 bits per heavy atom. The van der Waals surface area contributed by atoms with E-state index in [1.165, 1.54) is 63.5 Å². The van der Waals surface area contributed by atoms with Gasteiger partial charge in [-0.2, -0.15) is 0 Å². The predicted molar refractivity (Wildman–Crippen MR) is 250 cm³/mol. The number of aromatic nitrogens is 3. The molecule has 354 valence electrons. The number of primary amides is 1. The molecule has 0 fully saturated rings. The number of aldehydes is 1. The average molecular weight is 947 g/mol. The largest absolute Gasteiger partial charge is 0.507 e. The van der Waals surface area contributed by atoms with Crippen LogP contribution in [0.2, 0.25) is 5.02 Å². The average Bonchev–Trinajstić information content (AvgIpc) is 3.80. The van der Waals surface area contributed by atoms with Crippen LogP contribution < -0.4 is 32.7 Å². The summed E-state index contributed by atoms with van der Waals surface area (Å²) in [4.78, 5) is 109. The van der Waals surface area contributed by atoms with Gasteiger partial charge in [0.1, 0.15) is 36.5 Å². The minimum Gasteiger partial charge on any atom is -0.507 e. The Bertz CT molecular complexity index is 2730. The molecule has 0 radical (unpaired) electrons. The molecule has 1 unspecified atom stereocenters. The van der Waals surface area contributed by atoms with E-state index in [1.54, 1.807) is 36.4 Å². The van der Waals surface area contributed by atoms with Gasteiger partial charge >= 0.3 is 0 Å². The lowest BCUT2D eigenvalue weighted by Gasteiger charge is -2.32. The van der Waals surface area contributed by atoms with Crippen LogP contribution in [0, 0.1) is 0 Å². The summed E-state index contributed by atoms with van der Waals surface area (Å²) >= 11 is 6.05. The number of aromatic hydroxyl groups is 1. The van der Waals surface area contributed by atoms with E-state index in [-0.39, 0.29) is 58.6 Å². The summed E-state index contributed by atoms with van der Waals surface area (Å²) in [6.07, 6.45) is 2.71. The number of hydrogen-bond acceptors (Lipinski definition) is 12. The Balaban J connectivity index is 1.30. The first-order valence-corrected chi connectivity index (χ1v) is 22.0. The molecule has 2 heterocycles. The number of likely N-dealkylation sites (N-methyl/N-ethyl adjacent to an activating group) is 1. The number of carbonyl (C=O) groups is 8. The number of benzene rings is 4. The molecule has 5 aromatic rings. The van der Waals surface area contributed by atoms with E-state index in [0.717, 1.165) is 20.7 Å². The van der Waals surface area contributed by atoms with Crippen molar-refractivity contribution in [2.75, 3.05) is 13.6 Å². The summed E-state index contributed by atoms with van der Waals surface area (Å²) in [6, 6.07) is 16.4. The van der Waals surface area contributed by atoms with Gasteiger partial charge in [0.25, 0.3) is 11.8 Å². The van der Waals surface area contributed by atoms with Crippen LogP contribution in [0.25, 0.3) is 22.3 Å². The van der Waals surface area contributed by atoms with E-state index in [0.29, 0.717) is 36.3 Å². The number of ketones is 1. The molecule has 0 saturated heterocycles. The molecule has 19 nitrogen and oxygen atoms in total. The van der Waals surface area contributed by atoms with Crippen molar-refractivity contribution in [2.24, 2.45) is 11.5 Å². The SMILES string of the molecule is CC(NC(=O)[C@@H]1Cc2ccc(O)c(c2)-c2cc(ccc2C=O)[C@H](N(C)C(=O)[C@H](CCCCN)NC(=O)c2ccc(-c3ccc(Cl)cc3)cc2)C(=O)N[C@@H](C)C(=O)N1)C(=O)Cn1cc(C(N)=O)nn1. The highest BCUT2D eigenvalue weighted by Crippen LogP contribution is 2.36. The van der Waals surface area contributed by atoms with Crippen molar-refractivity contribution in [3.05, 3.63) is 124 Å². The van der Waals surface area contributed by atoms with Gasteiger partial charge in [-0.05, 0) is 110 Å². The smallest absolute Gasteiger partial charge is 0.270 e. The van der Waals surface area contributed by atoms with Gasteiger partial charge in [0.05, 0.1) is 12.2 Å². The zero-order valence-electron chi connectivity index (χ0n) is 37.4.